The van der Waals surface area contributed by atoms with Gasteiger partial charge in [0, 0.05) is 6.42 Å². The van der Waals surface area contributed by atoms with Crippen LogP contribution in [0.1, 0.15) is 48.0 Å². The first kappa shape index (κ1) is 19.4. The summed E-state index contributed by atoms with van der Waals surface area (Å²) < 4.78 is 32.7. The minimum atomic E-state index is -1.30. The van der Waals surface area contributed by atoms with Crippen molar-refractivity contribution in [1.29, 1.82) is 0 Å². The Balaban J connectivity index is 2.81. The van der Waals surface area contributed by atoms with Crippen molar-refractivity contribution in [2.45, 2.75) is 71.8 Å². The van der Waals surface area contributed by atoms with Crippen LogP contribution in [-0.2, 0) is 9.53 Å². The molecule has 3 atom stereocenters. The van der Waals surface area contributed by atoms with Gasteiger partial charge >= 0.3 is 6.09 Å². The van der Waals surface area contributed by atoms with Crippen LogP contribution in [0.15, 0.2) is 11.4 Å². The molecular weight excluding hydrogens is 306 g/mol. The highest BCUT2D eigenvalue weighted by atomic mass is 19.1. The Bertz CT molecular complexity index is 496. The predicted octanol–water partition coefficient (Wildman–Crippen LogP) is 3.10. The zero-order chi connectivity index (χ0) is 17.9. The van der Waals surface area contributed by atoms with Crippen molar-refractivity contribution in [3.05, 3.63) is 11.4 Å². The lowest BCUT2D eigenvalue weighted by Crippen LogP contribution is -2.49. The normalized spacial score (nSPS) is 22.5. The Hall–Kier alpha value is -1.66. The molecule has 1 N–H and O–H groups in total. The minimum absolute atomic E-state index is 0.117. The standard InChI is InChI=1S/C16H26F2N2O3/c1-9(2)13(18)10(3)19-14(21)12-7-11(17)8-20(12)15(22)23-16(4,5)6/h10-12H,7-8H2,1-6H3,(H,19,21)/t10?,11-,12+/m1/s1. The van der Waals surface area contributed by atoms with Crippen LogP contribution < -0.4 is 5.32 Å². The summed E-state index contributed by atoms with van der Waals surface area (Å²) in [6.07, 6.45) is -2.16. The zero-order valence-corrected chi connectivity index (χ0v) is 14.6. The fourth-order valence-electron chi connectivity index (χ4n) is 2.36. The maximum atomic E-state index is 13.8. The number of nitrogens with zero attached hydrogens (tertiary/aromatic N) is 1. The molecule has 0 aromatic carbocycles. The van der Waals surface area contributed by atoms with E-state index in [0.29, 0.717) is 5.57 Å². The van der Waals surface area contributed by atoms with Gasteiger partial charge in [0.25, 0.3) is 0 Å². The maximum Gasteiger partial charge on any atom is 0.411 e. The first-order chi connectivity index (χ1) is 10.4. The summed E-state index contributed by atoms with van der Waals surface area (Å²) in [5.41, 5.74) is -0.287. The number of carbonyl (C=O) groups is 2. The van der Waals surface area contributed by atoms with Crippen molar-refractivity contribution >= 4 is 12.0 Å². The van der Waals surface area contributed by atoms with Gasteiger partial charge < -0.3 is 10.1 Å². The van der Waals surface area contributed by atoms with E-state index < -0.39 is 41.7 Å². The fourth-order valence-corrected chi connectivity index (χ4v) is 2.36. The van der Waals surface area contributed by atoms with Gasteiger partial charge in [0.15, 0.2) is 0 Å². The van der Waals surface area contributed by atoms with Crippen LogP contribution >= 0.6 is 0 Å². The monoisotopic (exact) mass is 332 g/mol. The molecule has 0 spiro atoms. The molecule has 0 aliphatic carbocycles. The second kappa shape index (κ2) is 7.27. The van der Waals surface area contributed by atoms with Crippen LogP contribution in [0.3, 0.4) is 0 Å². The van der Waals surface area contributed by atoms with Crippen LogP contribution in [-0.4, -0.2) is 47.3 Å². The quantitative estimate of drug-likeness (QED) is 0.864. The number of carbonyl (C=O) groups excluding carboxylic acids is 2. The SMILES string of the molecule is CC(C)=C(F)C(C)NC(=O)[C@@H]1C[C@@H](F)CN1C(=O)OC(C)(C)C. The molecule has 1 unspecified atom stereocenters. The second-order valence-electron chi connectivity index (χ2n) is 7.06. The highest BCUT2D eigenvalue weighted by Gasteiger charge is 2.42. The minimum Gasteiger partial charge on any atom is -0.444 e. The second-order valence-corrected chi connectivity index (χ2v) is 7.06. The summed E-state index contributed by atoms with van der Waals surface area (Å²) in [5.74, 6) is -1.03. The molecular formula is C16H26F2N2O3. The third kappa shape index (κ3) is 5.48. The molecule has 0 bridgehead atoms. The molecule has 0 aromatic heterocycles. The van der Waals surface area contributed by atoms with E-state index in [0.717, 1.165) is 4.90 Å². The van der Waals surface area contributed by atoms with Crippen molar-refractivity contribution < 1.29 is 23.1 Å². The zero-order valence-electron chi connectivity index (χ0n) is 14.6. The number of hydrogen-bond donors (Lipinski definition) is 1. The number of alkyl halides is 1. The molecule has 2 amide bonds. The van der Waals surface area contributed by atoms with Gasteiger partial charge in [-0.1, -0.05) is 0 Å². The number of allylic oxidation sites excluding steroid dienone is 1. The van der Waals surface area contributed by atoms with Crippen LogP contribution in [0, 0.1) is 0 Å². The van der Waals surface area contributed by atoms with Crippen molar-refractivity contribution in [2.24, 2.45) is 0 Å². The molecule has 1 saturated heterocycles. The number of ether oxygens (including phenoxy) is 1. The smallest absolute Gasteiger partial charge is 0.411 e. The number of likely N-dealkylation sites (tertiary alicyclic amines) is 1. The van der Waals surface area contributed by atoms with Gasteiger partial charge in [0.1, 0.15) is 23.6 Å². The number of rotatable bonds is 3. The largest absolute Gasteiger partial charge is 0.444 e. The van der Waals surface area contributed by atoms with Gasteiger partial charge in [-0.3, -0.25) is 9.69 Å². The summed E-state index contributed by atoms with van der Waals surface area (Å²) in [6, 6.07) is -1.82. The van der Waals surface area contributed by atoms with Crippen LogP contribution in [0.5, 0.6) is 0 Å². The van der Waals surface area contributed by atoms with Crippen molar-refractivity contribution in [1.82, 2.24) is 10.2 Å². The van der Waals surface area contributed by atoms with Gasteiger partial charge in [-0.15, -0.1) is 0 Å². The fraction of sp³-hybridized carbons (Fsp3) is 0.750. The first-order valence-electron chi connectivity index (χ1n) is 7.69. The van der Waals surface area contributed by atoms with Gasteiger partial charge in [-0.05, 0) is 47.1 Å². The van der Waals surface area contributed by atoms with Crippen molar-refractivity contribution in [3.8, 4) is 0 Å². The van der Waals surface area contributed by atoms with Gasteiger partial charge in [-0.25, -0.2) is 13.6 Å². The summed E-state index contributed by atoms with van der Waals surface area (Å²) in [7, 11) is 0. The molecule has 1 rings (SSSR count). The average Bonchev–Trinajstić information content (AvgIpc) is 2.77. The molecule has 7 heteroatoms. The lowest BCUT2D eigenvalue weighted by molar-refractivity contribution is -0.126. The summed E-state index contributed by atoms with van der Waals surface area (Å²) in [5, 5.41) is 2.48. The van der Waals surface area contributed by atoms with E-state index in [1.807, 2.05) is 0 Å². The molecule has 1 fully saturated rings. The average molecular weight is 332 g/mol. The van der Waals surface area contributed by atoms with E-state index in [2.05, 4.69) is 5.32 Å². The third-order valence-corrected chi connectivity index (χ3v) is 3.40. The third-order valence-electron chi connectivity index (χ3n) is 3.40. The summed E-state index contributed by atoms with van der Waals surface area (Å²) >= 11 is 0. The first-order valence-corrected chi connectivity index (χ1v) is 7.69. The molecule has 1 aliphatic heterocycles. The summed E-state index contributed by atoms with van der Waals surface area (Å²) in [6.45, 7) is 9.56. The van der Waals surface area contributed by atoms with E-state index in [9.17, 15) is 18.4 Å². The van der Waals surface area contributed by atoms with E-state index in [1.54, 1.807) is 34.6 Å². The molecule has 23 heavy (non-hydrogen) atoms. The number of nitrogens with one attached hydrogen (secondary N) is 1. The van der Waals surface area contributed by atoms with Crippen LogP contribution in [0.2, 0.25) is 0 Å². The van der Waals surface area contributed by atoms with E-state index >= 15 is 0 Å². The Morgan fingerprint density at radius 1 is 1.30 bits per heavy atom. The van der Waals surface area contributed by atoms with Crippen LogP contribution in [0.25, 0.3) is 0 Å². The number of hydrogen-bond acceptors (Lipinski definition) is 3. The Kier molecular flexibility index (Phi) is 6.13. The summed E-state index contributed by atoms with van der Waals surface area (Å²) in [4.78, 5) is 25.5. The Labute approximate surface area is 136 Å². The highest BCUT2D eigenvalue weighted by Crippen LogP contribution is 2.24. The van der Waals surface area contributed by atoms with Crippen molar-refractivity contribution in [3.63, 3.8) is 0 Å². The predicted molar refractivity (Wildman–Crippen MR) is 83.3 cm³/mol. The van der Waals surface area contributed by atoms with E-state index in [-0.39, 0.29) is 13.0 Å². The van der Waals surface area contributed by atoms with E-state index in [1.165, 1.54) is 6.92 Å². The van der Waals surface area contributed by atoms with Crippen LogP contribution in [0.4, 0.5) is 13.6 Å². The molecule has 1 heterocycles. The molecule has 5 nitrogen and oxygen atoms in total. The lowest BCUT2D eigenvalue weighted by atomic mass is 10.1. The molecule has 132 valence electrons. The molecule has 0 aromatic rings. The highest BCUT2D eigenvalue weighted by molar-refractivity contribution is 5.86. The number of halogens is 2. The van der Waals surface area contributed by atoms with Crippen molar-refractivity contribution in [2.75, 3.05) is 6.54 Å². The van der Waals surface area contributed by atoms with Gasteiger partial charge in [-0.2, -0.15) is 0 Å². The lowest BCUT2D eigenvalue weighted by Gasteiger charge is -2.28. The van der Waals surface area contributed by atoms with Gasteiger partial charge in [0.2, 0.25) is 5.91 Å². The Morgan fingerprint density at radius 2 is 1.87 bits per heavy atom. The molecule has 1 aliphatic rings. The molecule has 0 radical (unpaired) electrons. The van der Waals surface area contributed by atoms with E-state index in [4.69, 9.17) is 4.74 Å². The number of amides is 2. The Morgan fingerprint density at radius 3 is 2.35 bits per heavy atom. The van der Waals surface area contributed by atoms with Gasteiger partial charge in [0.05, 0.1) is 12.6 Å². The molecule has 0 saturated carbocycles. The topological polar surface area (TPSA) is 58.6 Å². The maximum absolute atomic E-state index is 13.8.